The number of nitrogens with zero attached hydrogens (tertiary/aromatic N) is 2. The molecule has 0 aliphatic carbocycles. The lowest BCUT2D eigenvalue weighted by Gasteiger charge is -2.22. The number of aromatic nitrogens is 1. The monoisotopic (exact) mass is 278 g/mol. The zero-order chi connectivity index (χ0) is 15.0. The fraction of sp³-hybridized carbons (Fsp3) is 0.600. The third kappa shape index (κ3) is 5.17. The lowest BCUT2D eigenvalue weighted by atomic mass is 9.86. The largest absolute Gasteiger partial charge is 0.409 e. The van der Waals surface area contributed by atoms with Gasteiger partial charge in [0.1, 0.15) is 5.84 Å². The van der Waals surface area contributed by atoms with Gasteiger partial charge in [0.25, 0.3) is 0 Å². The summed E-state index contributed by atoms with van der Waals surface area (Å²) < 4.78 is 0. The van der Waals surface area contributed by atoms with E-state index in [4.69, 9.17) is 10.9 Å². The second-order valence-corrected chi connectivity index (χ2v) is 5.81. The highest BCUT2D eigenvalue weighted by Gasteiger charge is 2.22. The van der Waals surface area contributed by atoms with Crippen molar-refractivity contribution in [2.45, 2.75) is 46.6 Å². The number of hydrogen-bond acceptors (Lipinski definition) is 4. The Bertz CT molecular complexity index is 443. The summed E-state index contributed by atoms with van der Waals surface area (Å²) >= 11 is 0. The predicted octanol–water partition coefficient (Wildman–Crippen LogP) is 2.42. The molecule has 0 saturated heterocycles. The Kier molecular flexibility index (Phi) is 6.45. The molecule has 1 aromatic heterocycles. The number of pyridine rings is 1. The van der Waals surface area contributed by atoms with Gasteiger partial charge in [0, 0.05) is 24.4 Å². The highest BCUT2D eigenvalue weighted by molar-refractivity contribution is 5.85. The molecule has 0 fully saturated rings. The molecule has 4 N–H and O–H groups in total. The van der Waals surface area contributed by atoms with Gasteiger partial charge in [-0.15, -0.1) is 0 Å². The molecule has 0 atom stereocenters. The maximum Gasteiger partial charge on any atom is 0.144 e. The van der Waals surface area contributed by atoms with Gasteiger partial charge in [0.15, 0.2) is 0 Å². The molecule has 1 aromatic rings. The van der Waals surface area contributed by atoms with Gasteiger partial charge in [-0.05, 0) is 43.5 Å². The molecular formula is C15H26N4O. The van der Waals surface area contributed by atoms with Gasteiger partial charge < -0.3 is 16.3 Å². The molecule has 0 amide bonds. The molecule has 0 unspecified atom stereocenters. The van der Waals surface area contributed by atoms with Gasteiger partial charge in [0.05, 0.1) is 0 Å². The van der Waals surface area contributed by atoms with Crippen molar-refractivity contribution in [1.82, 2.24) is 10.3 Å². The van der Waals surface area contributed by atoms with E-state index < -0.39 is 0 Å². The van der Waals surface area contributed by atoms with Crippen molar-refractivity contribution in [3.63, 3.8) is 0 Å². The summed E-state index contributed by atoms with van der Waals surface area (Å²) in [6.07, 6.45) is 6.75. The van der Waals surface area contributed by atoms with Gasteiger partial charge in [-0.25, -0.2) is 0 Å². The van der Waals surface area contributed by atoms with Crippen LogP contribution in [0.1, 0.15) is 44.2 Å². The van der Waals surface area contributed by atoms with Crippen LogP contribution in [0.3, 0.4) is 0 Å². The molecule has 0 saturated carbocycles. The fourth-order valence-corrected chi connectivity index (χ4v) is 2.00. The first-order valence-electron chi connectivity index (χ1n) is 7.05. The topological polar surface area (TPSA) is 83.5 Å². The molecule has 1 heterocycles. The number of oxime groups is 1. The SMILES string of the molecule is Cc1cnccc1CNCCCCC(C)(C)/C(N)=N/O. The van der Waals surface area contributed by atoms with Crippen molar-refractivity contribution in [2.24, 2.45) is 16.3 Å². The molecule has 0 radical (unpaired) electrons. The lowest BCUT2D eigenvalue weighted by molar-refractivity contribution is 0.304. The summed E-state index contributed by atoms with van der Waals surface area (Å²) in [5.41, 5.74) is 7.93. The van der Waals surface area contributed by atoms with Crippen molar-refractivity contribution in [2.75, 3.05) is 6.54 Å². The molecule has 0 aromatic carbocycles. The van der Waals surface area contributed by atoms with E-state index >= 15 is 0 Å². The van der Waals surface area contributed by atoms with Crippen LogP contribution in [0.25, 0.3) is 0 Å². The highest BCUT2D eigenvalue weighted by atomic mass is 16.4. The number of aryl methyl sites for hydroxylation is 1. The first kappa shape index (κ1) is 16.4. The Hall–Kier alpha value is -1.62. The first-order chi connectivity index (χ1) is 9.47. The van der Waals surface area contributed by atoms with Crippen LogP contribution in [0.15, 0.2) is 23.6 Å². The van der Waals surface area contributed by atoms with Crippen molar-refractivity contribution in [1.29, 1.82) is 0 Å². The Balaban J connectivity index is 2.19. The summed E-state index contributed by atoms with van der Waals surface area (Å²) in [5.74, 6) is 0.304. The van der Waals surface area contributed by atoms with E-state index in [1.54, 1.807) is 0 Å². The van der Waals surface area contributed by atoms with Crippen LogP contribution in [-0.4, -0.2) is 22.6 Å². The number of rotatable bonds is 8. The van der Waals surface area contributed by atoms with Gasteiger partial charge in [-0.2, -0.15) is 0 Å². The van der Waals surface area contributed by atoms with Gasteiger partial charge >= 0.3 is 0 Å². The molecule has 5 heteroatoms. The number of nitrogens with one attached hydrogen (secondary N) is 1. The van der Waals surface area contributed by atoms with E-state index in [-0.39, 0.29) is 5.41 Å². The van der Waals surface area contributed by atoms with Crippen LogP contribution < -0.4 is 11.1 Å². The predicted molar refractivity (Wildman–Crippen MR) is 81.7 cm³/mol. The van der Waals surface area contributed by atoms with E-state index in [9.17, 15) is 0 Å². The van der Waals surface area contributed by atoms with Gasteiger partial charge in [-0.3, -0.25) is 4.98 Å². The van der Waals surface area contributed by atoms with E-state index in [0.29, 0.717) is 5.84 Å². The third-order valence-electron chi connectivity index (χ3n) is 3.66. The Labute approximate surface area is 121 Å². The standard InChI is InChI=1S/C15H26N4O/c1-12-10-18-9-6-13(12)11-17-8-5-4-7-15(2,3)14(16)19-20/h6,9-10,17,20H,4-5,7-8,11H2,1-3H3,(H2,16,19). The molecule has 112 valence electrons. The van der Waals surface area contributed by atoms with E-state index in [2.05, 4.69) is 22.4 Å². The molecule has 20 heavy (non-hydrogen) atoms. The summed E-state index contributed by atoms with van der Waals surface area (Å²) in [6.45, 7) is 7.90. The average molecular weight is 278 g/mol. The minimum Gasteiger partial charge on any atom is -0.409 e. The zero-order valence-electron chi connectivity index (χ0n) is 12.7. The Morgan fingerprint density at radius 2 is 2.20 bits per heavy atom. The summed E-state index contributed by atoms with van der Waals surface area (Å²) in [6, 6.07) is 2.05. The smallest absolute Gasteiger partial charge is 0.144 e. The number of unbranched alkanes of at least 4 members (excludes halogenated alkanes) is 1. The minimum atomic E-state index is -0.240. The average Bonchev–Trinajstić information content (AvgIpc) is 2.43. The second-order valence-electron chi connectivity index (χ2n) is 5.81. The van der Waals surface area contributed by atoms with Gasteiger partial charge in [-0.1, -0.05) is 25.4 Å². The maximum absolute atomic E-state index is 8.71. The maximum atomic E-state index is 8.71. The summed E-state index contributed by atoms with van der Waals surface area (Å²) in [5, 5.41) is 15.2. The van der Waals surface area contributed by atoms with Crippen molar-refractivity contribution >= 4 is 5.84 Å². The van der Waals surface area contributed by atoms with E-state index in [1.807, 2.05) is 32.3 Å². The Morgan fingerprint density at radius 3 is 2.85 bits per heavy atom. The van der Waals surface area contributed by atoms with Crippen molar-refractivity contribution in [3.8, 4) is 0 Å². The molecule has 5 nitrogen and oxygen atoms in total. The Morgan fingerprint density at radius 1 is 1.45 bits per heavy atom. The van der Waals surface area contributed by atoms with Crippen molar-refractivity contribution < 1.29 is 5.21 Å². The van der Waals surface area contributed by atoms with Crippen LogP contribution in [0, 0.1) is 12.3 Å². The molecular weight excluding hydrogens is 252 g/mol. The van der Waals surface area contributed by atoms with Crippen LogP contribution in [0.4, 0.5) is 0 Å². The van der Waals surface area contributed by atoms with Crippen LogP contribution in [-0.2, 0) is 6.54 Å². The summed E-state index contributed by atoms with van der Waals surface area (Å²) in [7, 11) is 0. The molecule has 0 bridgehead atoms. The van der Waals surface area contributed by atoms with Crippen LogP contribution in [0.5, 0.6) is 0 Å². The second kappa shape index (κ2) is 7.85. The third-order valence-corrected chi connectivity index (χ3v) is 3.66. The van der Waals surface area contributed by atoms with Crippen LogP contribution in [0.2, 0.25) is 0 Å². The quantitative estimate of drug-likeness (QED) is 0.224. The van der Waals surface area contributed by atoms with Gasteiger partial charge in [0.2, 0.25) is 0 Å². The molecule has 0 aliphatic heterocycles. The normalized spacial score (nSPS) is 12.7. The molecule has 1 rings (SSSR count). The molecule has 0 spiro atoms. The number of hydrogen-bond donors (Lipinski definition) is 3. The highest BCUT2D eigenvalue weighted by Crippen LogP contribution is 2.23. The van der Waals surface area contributed by atoms with E-state index in [1.165, 1.54) is 11.1 Å². The van der Waals surface area contributed by atoms with E-state index in [0.717, 1.165) is 32.4 Å². The van der Waals surface area contributed by atoms with Crippen molar-refractivity contribution in [3.05, 3.63) is 29.6 Å². The van der Waals surface area contributed by atoms with Crippen LogP contribution >= 0.6 is 0 Å². The first-order valence-corrected chi connectivity index (χ1v) is 7.05. The number of nitrogens with two attached hydrogens (primary N) is 1. The lowest BCUT2D eigenvalue weighted by Crippen LogP contribution is -2.32. The fourth-order valence-electron chi connectivity index (χ4n) is 2.00. The number of amidine groups is 1. The summed E-state index contributed by atoms with van der Waals surface area (Å²) in [4.78, 5) is 4.08. The molecule has 0 aliphatic rings. The zero-order valence-corrected chi connectivity index (χ0v) is 12.7. The minimum absolute atomic E-state index is 0.240.